The second-order valence-corrected chi connectivity index (χ2v) is 12.6. The maximum absolute atomic E-state index is 13.2. The molecule has 1 saturated heterocycles. The van der Waals surface area contributed by atoms with Gasteiger partial charge >= 0.3 is 5.97 Å². The molecule has 4 aromatic carbocycles. The molecular weight excluding hydrogens is 559 g/mol. The van der Waals surface area contributed by atoms with E-state index in [1.54, 1.807) is 0 Å². The first-order valence-electron chi connectivity index (χ1n) is 16.0. The molecule has 1 aliphatic heterocycles. The molecule has 0 radical (unpaired) electrons. The van der Waals surface area contributed by atoms with Gasteiger partial charge in [0.1, 0.15) is 0 Å². The van der Waals surface area contributed by atoms with Gasteiger partial charge in [0.15, 0.2) is 0 Å². The second-order valence-electron chi connectivity index (χ2n) is 12.6. The lowest BCUT2D eigenvalue weighted by atomic mass is 9.86. The molecule has 0 atom stereocenters. The van der Waals surface area contributed by atoms with E-state index in [2.05, 4.69) is 101 Å². The Labute approximate surface area is 264 Å². The number of ether oxygens (including phenoxy) is 1. The van der Waals surface area contributed by atoms with Gasteiger partial charge in [-0.3, -0.25) is 9.29 Å². The summed E-state index contributed by atoms with van der Waals surface area (Å²) in [5.74, 6) is -0.147. The predicted molar refractivity (Wildman–Crippen MR) is 180 cm³/mol. The molecule has 0 spiro atoms. The van der Waals surface area contributed by atoms with Crippen LogP contribution >= 0.6 is 0 Å². The summed E-state index contributed by atoms with van der Waals surface area (Å²) in [6.45, 7) is 5.17. The molecule has 7 rings (SSSR count). The van der Waals surface area contributed by atoms with Gasteiger partial charge < -0.3 is 9.30 Å². The van der Waals surface area contributed by atoms with E-state index in [4.69, 9.17) is 4.74 Å². The van der Waals surface area contributed by atoms with Gasteiger partial charge in [0, 0.05) is 48.7 Å². The number of fused-ring (bicyclic) bond motifs is 2. The molecule has 45 heavy (non-hydrogen) atoms. The molecule has 1 aliphatic carbocycles. The molecule has 0 amide bonds. The highest BCUT2D eigenvalue weighted by atomic mass is 19.1. The lowest BCUT2D eigenvalue weighted by Crippen LogP contribution is -2.47. The average Bonchev–Trinajstić information content (AvgIpc) is 3.26. The van der Waals surface area contributed by atoms with Crippen LogP contribution in [0.2, 0.25) is 0 Å². The number of alkyl halides is 1. The Kier molecular flexibility index (Phi) is 8.12. The molecule has 5 heteroatoms. The number of benzene rings is 4. The number of hydrogen-bond acceptors (Lipinski definition) is 3. The van der Waals surface area contributed by atoms with Gasteiger partial charge in [0.05, 0.1) is 19.3 Å². The van der Waals surface area contributed by atoms with Crippen molar-refractivity contribution < 1.29 is 13.9 Å². The standard InChI is InChI=1S/C40H39FN2O2/c1-27-9-6-7-13-35(27)37-14-8-12-30-19-32(40(44)45-2)15-17-36(30)39(37)31-16-18-38-33(20-31)21-34(26-42-23-29(22-41)24-42)43(38)25-28-10-4-3-5-11-28/h3-7,9-11,13,15-21,29H,8,12,14,22-26H2,1-2H3. The number of aromatic nitrogens is 1. The van der Waals surface area contributed by atoms with Crippen molar-refractivity contribution in [2.45, 2.75) is 39.3 Å². The summed E-state index contributed by atoms with van der Waals surface area (Å²) >= 11 is 0. The normalized spacial score (nSPS) is 15.5. The van der Waals surface area contributed by atoms with Crippen LogP contribution in [0, 0.1) is 12.8 Å². The van der Waals surface area contributed by atoms with Crippen LogP contribution in [-0.2, 0) is 24.2 Å². The Bertz CT molecular complexity index is 1900. The number of nitrogens with zero attached hydrogens (tertiary/aromatic N) is 2. The van der Waals surface area contributed by atoms with Crippen molar-refractivity contribution in [2.24, 2.45) is 5.92 Å². The minimum Gasteiger partial charge on any atom is -0.465 e. The number of carbonyl (C=O) groups excluding carboxylic acids is 1. The zero-order valence-electron chi connectivity index (χ0n) is 26.1. The van der Waals surface area contributed by atoms with E-state index in [1.807, 2.05) is 12.1 Å². The molecule has 0 bridgehead atoms. The van der Waals surface area contributed by atoms with E-state index in [-0.39, 0.29) is 18.6 Å². The average molecular weight is 599 g/mol. The summed E-state index contributed by atoms with van der Waals surface area (Å²) in [6, 6.07) is 34.5. The maximum atomic E-state index is 13.2. The third-order valence-electron chi connectivity index (χ3n) is 9.54. The van der Waals surface area contributed by atoms with Crippen LogP contribution in [0.5, 0.6) is 0 Å². The van der Waals surface area contributed by atoms with Crippen molar-refractivity contribution in [2.75, 3.05) is 26.9 Å². The van der Waals surface area contributed by atoms with Gasteiger partial charge in [-0.05, 0) is 101 Å². The summed E-state index contributed by atoms with van der Waals surface area (Å²) in [5, 5.41) is 1.20. The zero-order valence-corrected chi connectivity index (χ0v) is 26.1. The van der Waals surface area contributed by atoms with Gasteiger partial charge in [-0.1, -0.05) is 66.7 Å². The number of rotatable bonds is 8. The highest BCUT2D eigenvalue weighted by Crippen LogP contribution is 2.42. The predicted octanol–water partition coefficient (Wildman–Crippen LogP) is 8.48. The largest absolute Gasteiger partial charge is 0.465 e. The first-order valence-corrected chi connectivity index (χ1v) is 16.0. The van der Waals surface area contributed by atoms with Crippen LogP contribution in [0.25, 0.3) is 22.0 Å². The number of halogens is 1. The molecule has 5 aromatic rings. The molecule has 1 fully saturated rings. The fourth-order valence-corrected chi connectivity index (χ4v) is 7.24. The SMILES string of the molecule is COC(=O)c1ccc2c(c1)CCCC(c1ccccc1C)=C2c1ccc2c(c1)cc(CN1CC(CF)C1)n2Cc1ccccc1. The topological polar surface area (TPSA) is 34.5 Å². The van der Waals surface area contributed by atoms with Crippen molar-refractivity contribution in [3.8, 4) is 0 Å². The molecule has 2 heterocycles. The summed E-state index contributed by atoms with van der Waals surface area (Å²) < 4.78 is 20.7. The zero-order chi connectivity index (χ0) is 30.9. The van der Waals surface area contributed by atoms with Crippen LogP contribution in [0.4, 0.5) is 4.39 Å². The van der Waals surface area contributed by atoms with Crippen LogP contribution in [0.15, 0.2) is 97.1 Å². The molecule has 2 aliphatic rings. The fourth-order valence-electron chi connectivity index (χ4n) is 7.24. The van der Waals surface area contributed by atoms with Crippen LogP contribution in [-0.4, -0.2) is 42.3 Å². The van der Waals surface area contributed by atoms with E-state index in [9.17, 15) is 9.18 Å². The number of hydrogen-bond donors (Lipinski definition) is 0. The number of carbonyl (C=O) groups is 1. The third-order valence-corrected chi connectivity index (χ3v) is 9.54. The number of likely N-dealkylation sites (tertiary alicyclic amines) is 1. The van der Waals surface area contributed by atoms with Gasteiger partial charge in [-0.2, -0.15) is 0 Å². The number of allylic oxidation sites excluding steroid dienone is 1. The minimum absolute atomic E-state index is 0.158. The molecule has 0 saturated carbocycles. The molecule has 4 nitrogen and oxygen atoms in total. The lowest BCUT2D eigenvalue weighted by Gasteiger charge is -2.37. The van der Waals surface area contributed by atoms with Crippen molar-refractivity contribution in [3.05, 3.63) is 142 Å². The molecule has 0 unspecified atom stereocenters. The van der Waals surface area contributed by atoms with E-state index >= 15 is 0 Å². The Balaban J connectivity index is 1.38. The van der Waals surface area contributed by atoms with E-state index in [1.165, 1.54) is 68.2 Å². The first-order chi connectivity index (χ1) is 22.0. The first kappa shape index (κ1) is 29.2. The van der Waals surface area contributed by atoms with Crippen molar-refractivity contribution in [1.29, 1.82) is 0 Å². The summed E-state index contributed by atoms with van der Waals surface area (Å²) in [5.41, 5.74) is 13.0. The maximum Gasteiger partial charge on any atom is 0.337 e. The van der Waals surface area contributed by atoms with Crippen LogP contribution in [0.1, 0.15) is 62.3 Å². The highest BCUT2D eigenvalue weighted by molar-refractivity contribution is 6.03. The summed E-state index contributed by atoms with van der Waals surface area (Å²) in [6.07, 6.45) is 2.85. The van der Waals surface area contributed by atoms with Crippen molar-refractivity contribution in [1.82, 2.24) is 9.47 Å². The molecule has 0 N–H and O–H groups in total. The molecule has 1 aromatic heterocycles. The van der Waals surface area contributed by atoms with Crippen LogP contribution < -0.4 is 0 Å². The van der Waals surface area contributed by atoms with Crippen molar-refractivity contribution >= 4 is 28.0 Å². The third kappa shape index (κ3) is 5.73. The Morgan fingerprint density at radius 2 is 1.67 bits per heavy atom. The van der Waals surface area contributed by atoms with Gasteiger partial charge in [0.25, 0.3) is 0 Å². The van der Waals surface area contributed by atoms with E-state index in [0.717, 1.165) is 45.4 Å². The lowest BCUT2D eigenvalue weighted by molar-refractivity contribution is 0.0600. The Morgan fingerprint density at radius 1 is 0.867 bits per heavy atom. The second kappa shape index (κ2) is 12.5. The molecule has 228 valence electrons. The van der Waals surface area contributed by atoms with Gasteiger partial charge in [-0.25, -0.2) is 4.79 Å². The Hall–Kier alpha value is -4.48. The summed E-state index contributed by atoms with van der Waals surface area (Å²) in [4.78, 5) is 14.8. The number of aryl methyl sites for hydroxylation is 2. The van der Waals surface area contributed by atoms with Gasteiger partial charge in [0.2, 0.25) is 0 Å². The highest BCUT2D eigenvalue weighted by Gasteiger charge is 2.28. The minimum atomic E-state index is -0.305. The Morgan fingerprint density at radius 3 is 2.44 bits per heavy atom. The van der Waals surface area contributed by atoms with E-state index < -0.39 is 0 Å². The monoisotopic (exact) mass is 598 g/mol. The fraction of sp³-hybridized carbons (Fsp3) is 0.275. The quantitative estimate of drug-likeness (QED) is 0.168. The number of esters is 1. The summed E-state index contributed by atoms with van der Waals surface area (Å²) in [7, 11) is 1.43. The molecular formula is C40H39FN2O2. The number of methoxy groups -OCH3 is 1. The smallest absolute Gasteiger partial charge is 0.337 e. The van der Waals surface area contributed by atoms with Crippen molar-refractivity contribution in [3.63, 3.8) is 0 Å². The van der Waals surface area contributed by atoms with Crippen LogP contribution in [0.3, 0.4) is 0 Å². The van der Waals surface area contributed by atoms with E-state index in [0.29, 0.717) is 5.56 Å². The van der Waals surface area contributed by atoms with Gasteiger partial charge in [-0.15, -0.1) is 0 Å².